The number of hydrogen-bond acceptors (Lipinski definition) is 6. The highest BCUT2D eigenvalue weighted by Gasteiger charge is 2.25. The Balaban J connectivity index is 1.34. The van der Waals surface area contributed by atoms with E-state index >= 15 is 0 Å². The van der Waals surface area contributed by atoms with Crippen molar-refractivity contribution in [1.82, 2.24) is 9.88 Å². The van der Waals surface area contributed by atoms with Crippen molar-refractivity contribution in [2.75, 3.05) is 45.0 Å². The summed E-state index contributed by atoms with van der Waals surface area (Å²) in [5.41, 5.74) is 3.96. The second-order valence-electron chi connectivity index (χ2n) is 8.77. The molecule has 1 amide bonds. The number of aromatic nitrogens is 1. The molecule has 0 N–H and O–H groups in total. The molecule has 2 aliphatic heterocycles. The van der Waals surface area contributed by atoms with E-state index in [1.165, 1.54) is 0 Å². The smallest absolute Gasteiger partial charge is 0.254 e. The first-order valence-electron chi connectivity index (χ1n) is 11.8. The number of fused-ring (bicyclic) bond motifs is 2. The quantitative estimate of drug-likeness (QED) is 0.380. The van der Waals surface area contributed by atoms with Crippen molar-refractivity contribution in [3.05, 3.63) is 77.3 Å². The molecular weight excluding hydrogens is 478 g/mol. The predicted molar refractivity (Wildman–Crippen MR) is 139 cm³/mol. The number of piperazine rings is 1. The lowest BCUT2D eigenvalue weighted by Gasteiger charge is -2.36. The van der Waals surface area contributed by atoms with Gasteiger partial charge in [-0.05, 0) is 60.7 Å². The second kappa shape index (κ2) is 9.24. The average molecular weight is 502 g/mol. The monoisotopic (exact) mass is 501 g/mol. The molecule has 0 radical (unpaired) electrons. The van der Waals surface area contributed by atoms with E-state index in [1.807, 2.05) is 71.6 Å². The minimum atomic E-state index is -0.0246. The van der Waals surface area contributed by atoms with Crippen LogP contribution in [0, 0.1) is 0 Å². The van der Waals surface area contributed by atoms with Gasteiger partial charge < -0.3 is 24.0 Å². The van der Waals surface area contributed by atoms with Crippen LogP contribution >= 0.6 is 11.6 Å². The molecule has 3 aromatic carbocycles. The molecular formula is C28H24ClN3O4. The summed E-state index contributed by atoms with van der Waals surface area (Å²) in [5.74, 6) is 2.04. The second-order valence-corrected chi connectivity index (χ2v) is 9.20. The fraction of sp³-hybridized carbons (Fsp3) is 0.214. The van der Waals surface area contributed by atoms with Gasteiger partial charge in [-0.25, -0.2) is 4.98 Å². The van der Waals surface area contributed by atoms with E-state index in [1.54, 1.807) is 7.11 Å². The van der Waals surface area contributed by atoms with Crippen LogP contribution in [0.1, 0.15) is 10.4 Å². The van der Waals surface area contributed by atoms with E-state index in [2.05, 4.69) is 4.90 Å². The molecule has 2 aliphatic rings. The van der Waals surface area contributed by atoms with Crippen LogP contribution in [-0.2, 0) is 0 Å². The molecule has 36 heavy (non-hydrogen) atoms. The van der Waals surface area contributed by atoms with Gasteiger partial charge in [-0.2, -0.15) is 0 Å². The van der Waals surface area contributed by atoms with Crippen molar-refractivity contribution in [3.63, 3.8) is 0 Å². The highest BCUT2D eigenvalue weighted by Crippen LogP contribution is 2.37. The maximum atomic E-state index is 13.9. The summed E-state index contributed by atoms with van der Waals surface area (Å²) in [6.45, 7) is 2.88. The average Bonchev–Trinajstić information content (AvgIpc) is 3.40. The molecule has 3 heterocycles. The van der Waals surface area contributed by atoms with E-state index in [-0.39, 0.29) is 12.7 Å². The predicted octanol–water partition coefficient (Wildman–Crippen LogP) is 5.25. The van der Waals surface area contributed by atoms with Gasteiger partial charge in [-0.15, -0.1) is 0 Å². The number of pyridine rings is 1. The number of hydrogen-bond donors (Lipinski definition) is 0. The molecule has 1 saturated heterocycles. The Bertz CT molecular complexity index is 1470. The number of carbonyl (C=O) groups excluding carboxylic acids is 1. The first-order valence-corrected chi connectivity index (χ1v) is 12.2. The van der Waals surface area contributed by atoms with Crippen LogP contribution in [0.25, 0.3) is 22.2 Å². The molecule has 0 unspecified atom stereocenters. The lowest BCUT2D eigenvalue weighted by molar-refractivity contribution is 0.0748. The van der Waals surface area contributed by atoms with E-state index < -0.39 is 0 Å². The molecule has 8 heteroatoms. The summed E-state index contributed by atoms with van der Waals surface area (Å²) in [5, 5.41) is 1.47. The van der Waals surface area contributed by atoms with Crippen LogP contribution in [0.4, 0.5) is 5.69 Å². The molecule has 182 valence electrons. The molecule has 1 aromatic heterocycles. The summed E-state index contributed by atoms with van der Waals surface area (Å²) in [6.07, 6.45) is 0. The van der Waals surface area contributed by atoms with Crippen LogP contribution < -0.4 is 19.1 Å². The van der Waals surface area contributed by atoms with Gasteiger partial charge in [-0.3, -0.25) is 4.79 Å². The first-order chi connectivity index (χ1) is 17.6. The van der Waals surface area contributed by atoms with Crippen molar-refractivity contribution in [2.24, 2.45) is 0 Å². The number of benzene rings is 3. The highest BCUT2D eigenvalue weighted by molar-refractivity contribution is 6.30. The summed E-state index contributed by atoms with van der Waals surface area (Å²) < 4.78 is 16.4. The zero-order chi connectivity index (χ0) is 24.6. The SMILES string of the molecule is COc1ccc2nc(-c3ccc4c(c3)OCO4)cc(C(=O)N3CCN(c4cccc(Cl)c4)CC3)c2c1. The van der Waals surface area contributed by atoms with Gasteiger partial charge in [0.25, 0.3) is 5.91 Å². The third-order valence-electron chi connectivity index (χ3n) is 6.65. The summed E-state index contributed by atoms with van der Waals surface area (Å²) in [6, 6.07) is 21.0. The minimum absolute atomic E-state index is 0.0246. The Hall–Kier alpha value is -3.97. The molecule has 0 saturated carbocycles. The van der Waals surface area contributed by atoms with Crippen LogP contribution in [0.15, 0.2) is 66.7 Å². The lowest BCUT2D eigenvalue weighted by Crippen LogP contribution is -2.48. The first kappa shape index (κ1) is 22.5. The maximum Gasteiger partial charge on any atom is 0.254 e. The topological polar surface area (TPSA) is 64.1 Å². The van der Waals surface area contributed by atoms with Gasteiger partial charge in [0, 0.05) is 47.8 Å². The normalized spacial score (nSPS) is 14.8. The Morgan fingerprint density at radius 1 is 0.944 bits per heavy atom. The standard InChI is InChI=1S/C28H24ClN3O4/c1-34-21-6-7-24-22(15-21)23(16-25(30-24)18-5-8-26-27(13-18)36-17-35-26)28(33)32-11-9-31(10-12-32)20-4-2-3-19(29)14-20/h2-8,13-16H,9-12,17H2,1H3. The van der Waals surface area contributed by atoms with Crippen LogP contribution in [0.5, 0.6) is 17.2 Å². The molecule has 0 aliphatic carbocycles. The number of anilines is 1. The van der Waals surface area contributed by atoms with Gasteiger partial charge in [0.1, 0.15) is 5.75 Å². The van der Waals surface area contributed by atoms with E-state index in [9.17, 15) is 4.79 Å². The van der Waals surface area contributed by atoms with Crippen molar-refractivity contribution < 1.29 is 19.0 Å². The number of methoxy groups -OCH3 is 1. The number of nitrogens with zero attached hydrogens (tertiary/aromatic N) is 3. The van der Waals surface area contributed by atoms with Gasteiger partial charge in [0.15, 0.2) is 11.5 Å². The van der Waals surface area contributed by atoms with Crippen LogP contribution in [0.3, 0.4) is 0 Å². The zero-order valence-electron chi connectivity index (χ0n) is 19.7. The highest BCUT2D eigenvalue weighted by atomic mass is 35.5. The molecule has 0 bridgehead atoms. The Kier molecular flexibility index (Phi) is 5.77. The van der Waals surface area contributed by atoms with Gasteiger partial charge in [-0.1, -0.05) is 17.7 Å². The number of amides is 1. The molecule has 4 aromatic rings. The van der Waals surface area contributed by atoms with E-state index in [0.29, 0.717) is 46.6 Å². The van der Waals surface area contributed by atoms with Crippen molar-refractivity contribution >= 4 is 34.1 Å². The van der Waals surface area contributed by atoms with Crippen LogP contribution in [-0.4, -0.2) is 55.9 Å². The molecule has 1 fully saturated rings. The number of rotatable bonds is 4. The van der Waals surface area contributed by atoms with E-state index in [4.69, 9.17) is 30.8 Å². The molecule has 7 nitrogen and oxygen atoms in total. The number of carbonyl (C=O) groups is 1. The fourth-order valence-corrected chi connectivity index (χ4v) is 4.91. The Morgan fingerprint density at radius 3 is 2.58 bits per heavy atom. The third kappa shape index (κ3) is 4.16. The third-order valence-corrected chi connectivity index (χ3v) is 6.89. The van der Waals surface area contributed by atoms with Gasteiger partial charge in [0.05, 0.1) is 23.9 Å². The maximum absolute atomic E-state index is 13.9. The van der Waals surface area contributed by atoms with Crippen LogP contribution in [0.2, 0.25) is 5.02 Å². The van der Waals surface area contributed by atoms with Crippen molar-refractivity contribution in [1.29, 1.82) is 0 Å². The molecule has 0 spiro atoms. The number of halogens is 1. The lowest BCUT2D eigenvalue weighted by atomic mass is 10.0. The van der Waals surface area contributed by atoms with Crippen molar-refractivity contribution in [2.45, 2.75) is 0 Å². The Labute approximate surface area is 213 Å². The minimum Gasteiger partial charge on any atom is -0.497 e. The fourth-order valence-electron chi connectivity index (χ4n) is 4.72. The zero-order valence-corrected chi connectivity index (χ0v) is 20.5. The van der Waals surface area contributed by atoms with Gasteiger partial charge >= 0.3 is 0 Å². The summed E-state index contributed by atoms with van der Waals surface area (Å²) in [7, 11) is 1.62. The summed E-state index contributed by atoms with van der Waals surface area (Å²) in [4.78, 5) is 22.9. The largest absolute Gasteiger partial charge is 0.497 e. The van der Waals surface area contributed by atoms with Crippen molar-refractivity contribution in [3.8, 4) is 28.5 Å². The summed E-state index contributed by atoms with van der Waals surface area (Å²) >= 11 is 6.18. The molecule has 6 rings (SSSR count). The van der Waals surface area contributed by atoms with E-state index in [0.717, 1.165) is 35.2 Å². The Morgan fingerprint density at radius 2 is 1.78 bits per heavy atom. The molecule has 0 atom stereocenters. The number of ether oxygens (including phenoxy) is 3. The van der Waals surface area contributed by atoms with Gasteiger partial charge in [0.2, 0.25) is 6.79 Å².